The number of furan rings is 1. The van der Waals surface area contributed by atoms with Crippen molar-refractivity contribution in [1.82, 2.24) is 15.8 Å². The molecule has 0 aliphatic heterocycles. The van der Waals surface area contributed by atoms with E-state index < -0.39 is 11.9 Å². The highest BCUT2D eigenvalue weighted by Gasteiger charge is 2.16. The minimum absolute atomic E-state index is 0.0745. The third-order valence-corrected chi connectivity index (χ3v) is 4.72. The Hall–Kier alpha value is -3.52. The summed E-state index contributed by atoms with van der Waals surface area (Å²) < 4.78 is 11.1. The summed E-state index contributed by atoms with van der Waals surface area (Å²) in [5, 5.41) is 1.94. The van der Waals surface area contributed by atoms with Crippen LogP contribution in [0.25, 0.3) is 0 Å². The summed E-state index contributed by atoms with van der Waals surface area (Å²) >= 11 is 1.55. The lowest BCUT2D eigenvalue weighted by atomic mass is 10.3. The number of benzene rings is 1. The first-order valence-electron chi connectivity index (χ1n) is 8.91. The highest BCUT2D eigenvalue weighted by atomic mass is 32.1. The second-order valence-electron chi connectivity index (χ2n) is 6.00. The molecule has 0 radical (unpaired) electrons. The molecule has 29 heavy (non-hydrogen) atoms. The van der Waals surface area contributed by atoms with Crippen molar-refractivity contribution in [3.63, 3.8) is 0 Å². The van der Waals surface area contributed by atoms with E-state index >= 15 is 0 Å². The summed E-state index contributed by atoms with van der Waals surface area (Å²) in [6.45, 7) is 4.63. The molecule has 0 saturated carbocycles. The zero-order valence-corrected chi connectivity index (χ0v) is 16.5. The number of thiophene rings is 1. The molecule has 0 atom stereocenters. The fraction of sp³-hybridized carbons (Fsp3) is 0.143. The average Bonchev–Trinajstić information content (AvgIpc) is 3.43. The quantitative estimate of drug-likeness (QED) is 0.434. The Bertz CT molecular complexity index is 938. The van der Waals surface area contributed by atoms with E-state index in [1.54, 1.807) is 23.5 Å². The molecular formula is C21H21N3O4S. The normalized spacial score (nSPS) is 10.2. The molecule has 0 saturated heterocycles. The van der Waals surface area contributed by atoms with Crippen LogP contribution in [0.4, 0.5) is 4.79 Å². The summed E-state index contributed by atoms with van der Waals surface area (Å²) in [6, 6.07) is 15.9. The van der Waals surface area contributed by atoms with Crippen LogP contribution >= 0.6 is 11.3 Å². The van der Waals surface area contributed by atoms with Gasteiger partial charge in [-0.05, 0) is 35.7 Å². The molecule has 150 valence electrons. The molecule has 3 amide bonds. The summed E-state index contributed by atoms with van der Waals surface area (Å²) in [5.74, 6) is 0.719. The number of amides is 3. The minimum Gasteiger partial charge on any atom is -0.486 e. The highest BCUT2D eigenvalue weighted by Crippen LogP contribution is 2.14. The van der Waals surface area contributed by atoms with Gasteiger partial charge in [0.05, 0.1) is 6.54 Å². The van der Waals surface area contributed by atoms with Crippen LogP contribution in [0.1, 0.15) is 21.2 Å². The van der Waals surface area contributed by atoms with Crippen molar-refractivity contribution in [3.8, 4) is 5.75 Å². The maximum absolute atomic E-state index is 12.4. The summed E-state index contributed by atoms with van der Waals surface area (Å²) in [6.07, 6.45) is 1.63. The van der Waals surface area contributed by atoms with E-state index in [0.29, 0.717) is 24.6 Å². The van der Waals surface area contributed by atoms with E-state index in [2.05, 4.69) is 17.4 Å². The second kappa shape index (κ2) is 10.1. The number of urea groups is 1. The first-order valence-corrected chi connectivity index (χ1v) is 9.79. The number of carbonyl (C=O) groups is 2. The van der Waals surface area contributed by atoms with Gasteiger partial charge in [-0.3, -0.25) is 10.2 Å². The Morgan fingerprint density at radius 1 is 1.10 bits per heavy atom. The Morgan fingerprint density at radius 3 is 2.66 bits per heavy atom. The van der Waals surface area contributed by atoms with Gasteiger partial charge in [0.25, 0.3) is 0 Å². The Labute approximate surface area is 172 Å². The highest BCUT2D eigenvalue weighted by molar-refractivity contribution is 7.09. The third kappa shape index (κ3) is 5.98. The smallest absolute Gasteiger partial charge is 0.336 e. The molecule has 2 heterocycles. The van der Waals surface area contributed by atoms with Gasteiger partial charge in [-0.15, -0.1) is 17.9 Å². The first-order chi connectivity index (χ1) is 14.2. The number of hydrogen-bond donors (Lipinski definition) is 2. The van der Waals surface area contributed by atoms with Crippen molar-refractivity contribution in [1.29, 1.82) is 0 Å². The van der Waals surface area contributed by atoms with E-state index in [0.717, 1.165) is 4.88 Å². The molecule has 1 aromatic carbocycles. The summed E-state index contributed by atoms with van der Waals surface area (Å²) in [4.78, 5) is 27.2. The lowest BCUT2D eigenvalue weighted by Crippen LogP contribution is -2.48. The molecule has 3 rings (SSSR count). The van der Waals surface area contributed by atoms with Crippen molar-refractivity contribution >= 4 is 23.3 Å². The van der Waals surface area contributed by atoms with Gasteiger partial charge in [0.2, 0.25) is 0 Å². The Balaban J connectivity index is 1.49. The van der Waals surface area contributed by atoms with Crippen LogP contribution in [0.2, 0.25) is 0 Å². The third-order valence-electron chi connectivity index (χ3n) is 3.86. The molecule has 2 aromatic heterocycles. The molecule has 8 heteroatoms. The van der Waals surface area contributed by atoms with Crippen LogP contribution in [0.15, 0.2) is 77.0 Å². The number of para-hydroxylation sites is 1. The van der Waals surface area contributed by atoms with Crippen molar-refractivity contribution in [2.24, 2.45) is 0 Å². The minimum atomic E-state index is -0.556. The number of rotatable bonds is 8. The number of hydrogen-bond acceptors (Lipinski definition) is 5. The van der Waals surface area contributed by atoms with Gasteiger partial charge in [-0.1, -0.05) is 30.3 Å². The van der Waals surface area contributed by atoms with E-state index in [4.69, 9.17) is 9.15 Å². The number of nitrogens with zero attached hydrogens (tertiary/aromatic N) is 1. The zero-order valence-electron chi connectivity index (χ0n) is 15.7. The molecular weight excluding hydrogens is 390 g/mol. The van der Waals surface area contributed by atoms with Crippen molar-refractivity contribution < 1.29 is 18.7 Å². The second-order valence-corrected chi connectivity index (χ2v) is 7.03. The van der Waals surface area contributed by atoms with Crippen LogP contribution in [-0.2, 0) is 13.2 Å². The van der Waals surface area contributed by atoms with E-state index in [9.17, 15) is 9.59 Å². The predicted octanol–water partition coefficient (Wildman–Crippen LogP) is 3.96. The zero-order chi connectivity index (χ0) is 20.5. The van der Waals surface area contributed by atoms with Crippen LogP contribution in [0.3, 0.4) is 0 Å². The van der Waals surface area contributed by atoms with E-state index in [1.807, 2.05) is 47.8 Å². The largest absolute Gasteiger partial charge is 0.486 e. The summed E-state index contributed by atoms with van der Waals surface area (Å²) in [5.41, 5.74) is 4.76. The molecule has 3 aromatic rings. The molecule has 0 unspecified atom stereocenters. The monoisotopic (exact) mass is 411 g/mol. The molecule has 0 spiro atoms. The van der Waals surface area contributed by atoms with Crippen molar-refractivity contribution in [3.05, 3.63) is 89.0 Å². The number of ether oxygens (including phenoxy) is 1. The van der Waals surface area contributed by atoms with Crippen molar-refractivity contribution in [2.45, 2.75) is 13.2 Å². The van der Waals surface area contributed by atoms with E-state index in [-0.39, 0.29) is 12.4 Å². The van der Waals surface area contributed by atoms with Gasteiger partial charge in [0.15, 0.2) is 5.76 Å². The molecule has 2 N–H and O–H groups in total. The molecule has 0 aliphatic rings. The Morgan fingerprint density at radius 2 is 1.93 bits per heavy atom. The fourth-order valence-electron chi connectivity index (χ4n) is 2.47. The number of carbonyl (C=O) groups excluding carboxylic acids is 2. The van der Waals surface area contributed by atoms with Crippen LogP contribution in [-0.4, -0.2) is 23.4 Å². The van der Waals surface area contributed by atoms with Gasteiger partial charge >= 0.3 is 11.9 Å². The molecule has 0 fully saturated rings. The molecule has 0 aliphatic carbocycles. The van der Waals surface area contributed by atoms with Gasteiger partial charge in [-0.25, -0.2) is 10.2 Å². The van der Waals surface area contributed by atoms with Gasteiger partial charge in [-0.2, -0.15) is 0 Å². The van der Waals surface area contributed by atoms with Crippen LogP contribution in [0.5, 0.6) is 5.75 Å². The number of hydrazine groups is 1. The van der Waals surface area contributed by atoms with E-state index in [1.165, 1.54) is 11.0 Å². The van der Waals surface area contributed by atoms with Gasteiger partial charge in [0.1, 0.15) is 18.1 Å². The van der Waals surface area contributed by atoms with Crippen LogP contribution < -0.4 is 15.6 Å². The topological polar surface area (TPSA) is 83.8 Å². The maximum atomic E-state index is 12.4. The lowest BCUT2D eigenvalue weighted by molar-refractivity contribution is 0.0898. The molecule has 0 bridgehead atoms. The van der Waals surface area contributed by atoms with Gasteiger partial charge < -0.3 is 14.1 Å². The van der Waals surface area contributed by atoms with Gasteiger partial charge in [0, 0.05) is 11.4 Å². The molecule has 7 nitrogen and oxygen atoms in total. The maximum Gasteiger partial charge on any atom is 0.336 e. The number of nitrogens with one attached hydrogen (secondary N) is 2. The Kier molecular flexibility index (Phi) is 7.07. The first kappa shape index (κ1) is 20.2. The van der Waals surface area contributed by atoms with Crippen LogP contribution in [0, 0.1) is 0 Å². The SMILES string of the molecule is C=CCN(Cc1cccs1)C(=O)NNC(=O)c1ccc(COc2ccccc2)o1. The lowest BCUT2D eigenvalue weighted by Gasteiger charge is -2.20. The predicted molar refractivity (Wildman–Crippen MR) is 110 cm³/mol. The summed E-state index contributed by atoms with van der Waals surface area (Å²) in [7, 11) is 0. The van der Waals surface area contributed by atoms with Crippen molar-refractivity contribution in [2.75, 3.05) is 6.54 Å². The standard InChI is InChI=1S/C21H21N3O4S/c1-2-12-24(14-18-9-6-13-29-18)21(26)23-22-20(25)19-11-10-17(28-19)15-27-16-7-4-3-5-8-16/h2-11,13H,1,12,14-15H2,(H,22,25)(H,23,26). The average molecular weight is 411 g/mol. The fourth-order valence-corrected chi connectivity index (χ4v) is 3.18.